The van der Waals surface area contributed by atoms with Crippen LogP contribution < -0.4 is 0 Å². The molecule has 1 aliphatic heterocycles. The summed E-state index contributed by atoms with van der Waals surface area (Å²) in [5, 5.41) is 7.74. The van der Waals surface area contributed by atoms with Crippen LogP contribution >= 0.6 is 0 Å². The van der Waals surface area contributed by atoms with Crippen molar-refractivity contribution in [2.24, 2.45) is 0 Å². The second-order valence-electron chi connectivity index (χ2n) is 3.51. The van der Waals surface area contributed by atoms with E-state index in [1.807, 2.05) is 19.0 Å². The molecular weight excluding hydrogens is 152 g/mol. The van der Waals surface area contributed by atoms with Crippen LogP contribution in [0.1, 0.15) is 0 Å². The van der Waals surface area contributed by atoms with Gasteiger partial charge in [-0.2, -0.15) is 0 Å². The molecule has 1 heterocycles. The van der Waals surface area contributed by atoms with Gasteiger partial charge in [0, 0.05) is 40.3 Å². The first-order valence-corrected chi connectivity index (χ1v) is 4.30. The molecule has 0 atom stereocenters. The zero-order valence-corrected chi connectivity index (χ0v) is 8.17. The van der Waals surface area contributed by atoms with Gasteiger partial charge >= 0.3 is 0 Å². The van der Waals surface area contributed by atoms with Crippen LogP contribution in [-0.4, -0.2) is 68.0 Å². The zero-order chi connectivity index (χ0) is 9.14. The van der Waals surface area contributed by atoms with Crippen LogP contribution in [0.5, 0.6) is 0 Å². The van der Waals surface area contributed by atoms with Crippen molar-refractivity contribution in [2.75, 3.05) is 47.3 Å². The third-order valence-electron chi connectivity index (χ3n) is 2.23. The molecule has 12 heavy (non-hydrogen) atoms. The average molecular weight is 170 g/mol. The summed E-state index contributed by atoms with van der Waals surface area (Å²) < 4.78 is 0. The first-order chi connectivity index (χ1) is 5.61. The number of hydrogen-bond acceptors (Lipinski definition) is 2. The summed E-state index contributed by atoms with van der Waals surface area (Å²) in [7, 11) is 5.96. The molecular formula is C8H18N4. The molecule has 4 nitrogen and oxygen atoms in total. The van der Waals surface area contributed by atoms with E-state index in [1.165, 1.54) is 0 Å². The number of rotatable bonds is 0. The molecule has 1 N–H and O–H groups in total. The van der Waals surface area contributed by atoms with Gasteiger partial charge in [0.15, 0.2) is 5.96 Å². The summed E-state index contributed by atoms with van der Waals surface area (Å²) in [6, 6.07) is 0. The second kappa shape index (κ2) is 3.76. The first kappa shape index (κ1) is 9.32. The molecule has 0 aromatic carbocycles. The SMILES string of the molecule is CN1CCN(C(=N)N(C)C)CC1. The van der Waals surface area contributed by atoms with E-state index < -0.39 is 0 Å². The van der Waals surface area contributed by atoms with E-state index in [0.29, 0.717) is 5.96 Å². The Labute approximate surface area is 74.3 Å². The topological polar surface area (TPSA) is 33.6 Å². The molecule has 0 spiro atoms. The highest BCUT2D eigenvalue weighted by atomic mass is 15.4. The van der Waals surface area contributed by atoms with Gasteiger partial charge < -0.3 is 14.7 Å². The van der Waals surface area contributed by atoms with Crippen molar-refractivity contribution in [3.63, 3.8) is 0 Å². The highest BCUT2D eigenvalue weighted by Gasteiger charge is 2.16. The summed E-state index contributed by atoms with van der Waals surface area (Å²) in [5.74, 6) is 0.628. The molecule has 0 saturated carbocycles. The van der Waals surface area contributed by atoms with E-state index in [4.69, 9.17) is 5.41 Å². The molecule has 1 rings (SSSR count). The number of nitrogens with zero attached hydrogens (tertiary/aromatic N) is 3. The summed E-state index contributed by atoms with van der Waals surface area (Å²) in [6.45, 7) is 4.09. The fourth-order valence-electron chi connectivity index (χ4n) is 1.30. The Bertz CT molecular complexity index is 158. The highest BCUT2D eigenvalue weighted by Crippen LogP contribution is 2.00. The van der Waals surface area contributed by atoms with Gasteiger partial charge in [-0.05, 0) is 7.05 Å². The number of guanidine groups is 1. The van der Waals surface area contributed by atoms with Gasteiger partial charge in [-0.1, -0.05) is 0 Å². The van der Waals surface area contributed by atoms with E-state index in [9.17, 15) is 0 Å². The predicted octanol–water partition coefficient (Wildman–Crippen LogP) is -0.270. The lowest BCUT2D eigenvalue weighted by Crippen LogP contribution is -2.50. The summed E-state index contributed by atoms with van der Waals surface area (Å²) in [5.41, 5.74) is 0. The molecule has 0 amide bonds. The normalized spacial score (nSPS) is 19.4. The van der Waals surface area contributed by atoms with Crippen LogP contribution in [0, 0.1) is 5.41 Å². The molecule has 1 saturated heterocycles. The minimum absolute atomic E-state index is 0.628. The van der Waals surface area contributed by atoms with Crippen LogP contribution in [0.15, 0.2) is 0 Å². The summed E-state index contributed by atoms with van der Waals surface area (Å²) in [4.78, 5) is 6.25. The third-order valence-corrected chi connectivity index (χ3v) is 2.23. The lowest BCUT2D eigenvalue weighted by molar-refractivity contribution is 0.202. The minimum Gasteiger partial charge on any atom is -0.349 e. The minimum atomic E-state index is 0.628. The van der Waals surface area contributed by atoms with Crippen LogP contribution in [0.3, 0.4) is 0 Å². The van der Waals surface area contributed by atoms with E-state index in [0.717, 1.165) is 26.2 Å². The van der Waals surface area contributed by atoms with Gasteiger partial charge in [-0.25, -0.2) is 0 Å². The van der Waals surface area contributed by atoms with Crippen LogP contribution in [0.4, 0.5) is 0 Å². The van der Waals surface area contributed by atoms with E-state index >= 15 is 0 Å². The Morgan fingerprint density at radius 3 is 2.08 bits per heavy atom. The Morgan fingerprint density at radius 1 is 1.17 bits per heavy atom. The fourth-order valence-corrected chi connectivity index (χ4v) is 1.30. The molecule has 0 aliphatic carbocycles. The van der Waals surface area contributed by atoms with Crippen molar-refractivity contribution >= 4 is 5.96 Å². The lowest BCUT2D eigenvalue weighted by atomic mass is 10.3. The smallest absolute Gasteiger partial charge is 0.193 e. The maximum absolute atomic E-state index is 7.74. The second-order valence-corrected chi connectivity index (χ2v) is 3.51. The average Bonchev–Trinajstić information content (AvgIpc) is 2.04. The number of nitrogens with one attached hydrogen (secondary N) is 1. The van der Waals surface area contributed by atoms with E-state index in [-0.39, 0.29) is 0 Å². The van der Waals surface area contributed by atoms with Gasteiger partial charge in [0.1, 0.15) is 0 Å². The predicted molar refractivity (Wildman–Crippen MR) is 50.5 cm³/mol. The monoisotopic (exact) mass is 170 g/mol. The van der Waals surface area contributed by atoms with Crippen molar-refractivity contribution in [3.8, 4) is 0 Å². The molecule has 0 unspecified atom stereocenters. The Morgan fingerprint density at radius 2 is 1.67 bits per heavy atom. The molecule has 0 bridgehead atoms. The number of hydrogen-bond donors (Lipinski definition) is 1. The van der Waals surface area contributed by atoms with Crippen molar-refractivity contribution in [3.05, 3.63) is 0 Å². The molecule has 4 heteroatoms. The quantitative estimate of drug-likeness (QED) is 0.401. The highest BCUT2D eigenvalue weighted by molar-refractivity contribution is 5.76. The van der Waals surface area contributed by atoms with E-state index in [2.05, 4.69) is 16.8 Å². The van der Waals surface area contributed by atoms with Gasteiger partial charge in [-0.3, -0.25) is 5.41 Å². The lowest BCUT2D eigenvalue weighted by Gasteiger charge is -2.35. The van der Waals surface area contributed by atoms with Crippen molar-refractivity contribution in [1.29, 1.82) is 5.41 Å². The Hall–Kier alpha value is -0.770. The van der Waals surface area contributed by atoms with Crippen molar-refractivity contribution < 1.29 is 0 Å². The molecule has 70 valence electrons. The molecule has 0 aromatic rings. The van der Waals surface area contributed by atoms with Gasteiger partial charge in [0.05, 0.1) is 0 Å². The van der Waals surface area contributed by atoms with Crippen molar-refractivity contribution in [2.45, 2.75) is 0 Å². The molecule has 1 aliphatic rings. The number of likely N-dealkylation sites (N-methyl/N-ethyl adjacent to an activating group) is 1. The standard InChI is InChI=1S/C8H18N4/c1-10(2)8(9)12-6-4-11(3)5-7-12/h9H,4-7H2,1-3H3. The Balaban J connectivity index is 2.39. The molecule has 0 radical (unpaired) electrons. The molecule has 0 aromatic heterocycles. The van der Waals surface area contributed by atoms with Crippen LogP contribution in [-0.2, 0) is 0 Å². The van der Waals surface area contributed by atoms with Gasteiger partial charge in [0.2, 0.25) is 0 Å². The van der Waals surface area contributed by atoms with Crippen LogP contribution in [0.25, 0.3) is 0 Å². The van der Waals surface area contributed by atoms with Gasteiger partial charge in [0.25, 0.3) is 0 Å². The molecule has 1 fully saturated rings. The van der Waals surface area contributed by atoms with Crippen molar-refractivity contribution in [1.82, 2.24) is 14.7 Å². The van der Waals surface area contributed by atoms with Gasteiger partial charge in [-0.15, -0.1) is 0 Å². The first-order valence-electron chi connectivity index (χ1n) is 4.30. The zero-order valence-electron chi connectivity index (χ0n) is 8.17. The van der Waals surface area contributed by atoms with Crippen LogP contribution in [0.2, 0.25) is 0 Å². The van der Waals surface area contributed by atoms with E-state index in [1.54, 1.807) is 0 Å². The Kier molecular flexibility index (Phi) is 2.92. The maximum atomic E-state index is 7.74. The largest absolute Gasteiger partial charge is 0.349 e. The maximum Gasteiger partial charge on any atom is 0.193 e. The summed E-state index contributed by atoms with van der Waals surface area (Å²) in [6.07, 6.45) is 0. The third kappa shape index (κ3) is 2.11. The summed E-state index contributed by atoms with van der Waals surface area (Å²) >= 11 is 0. The fraction of sp³-hybridized carbons (Fsp3) is 0.875. The number of piperazine rings is 1.